The molecular formula is C31H37N3O5. The molecular weight excluding hydrogens is 494 g/mol. The summed E-state index contributed by atoms with van der Waals surface area (Å²) >= 11 is 0. The SMILES string of the molecule is CCOc1cc(C2/C(=C(\O)c3ccc(C)cc3)C(=O)C(=O)N2CCCn2ccnc2)ccc1OCCC(C)C. The average Bonchev–Trinajstić information content (AvgIpc) is 3.52. The van der Waals surface area contributed by atoms with Crippen LogP contribution in [0.4, 0.5) is 0 Å². The third-order valence-electron chi connectivity index (χ3n) is 6.78. The highest BCUT2D eigenvalue weighted by atomic mass is 16.5. The number of hydrogen-bond donors (Lipinski definition) is 1. The van der Waals surface area contributed by atoms with Crippen molar-refractivity contribution >= 4 is 17.4 Å². The van der Waals surface area contributed by atoms with E-state index >= 15 is 0 Å². The minimum Gasteiger partial charge on any atom is -0.507 e. The molecule has 1 aliphatic rings. The van der Waals surface area contributed by atoms with E-state index in [-0.39, 0.29) is 11.3 Å². The minimum atomic E-state index is -0.766. The summed E-state index contributed by atoms with van der Waals surface area (Å²) in [6, 6.07) is 11.9. The van der Waals surface area contributed by atoms with Crippen LogP contribution in [0.2, 0.25) is 0 Å². The first-order chi connectivity index (χ1) is 18.8. The van der Waals surface area contributed by atoms with Crippen LogP contribution in [-0.4, -0.2) is 51.0 Å². The molecule has 1 amide bonds. The normalized spacial score (nSPS) is 16.7. The smallest absolute Gasteiger partial charge is 0.295 e. The van der Waals surface area contributed by atoms with E-state index in [9.17, 15) is 14.7 Å². The lowest BCUT2D eigenvalue weighted by Gasteiger charge is -2.26. The van der Waals surface area contributed by atoms with Gasteiger partial charge < -0.3 is 24.0 Å². The molecule has 1 aromatic heterocycles. The number of ketones is 1. The summed E-state index contributed by atoms with van der Waals surface area (Å²) in [4.78, 5) is 32.3. The Morgan fingerprint density at radius 1 is 1.05 bits per heavy atom. The van der Waals surface area contributed by atoms with Crippen molar-refractivity contribution < 1.29 is 24.2 Å². The highest BCUT2D eigenvalue weighted by Gasteiger charge is 2.46. The number of aliphatic hydroxyl groups is 1. The number of carbonyl (C=O) groups excluding carboxylic acids is 2. The molecule has 1 N–H and O–H groups in total. The first-order valence-corrected chi connectivity index (χ1v) is 13.5. The van der Waals surface area contributed by atoms with Crippen molar-refractivity contribution in [3.8, 4) is 11.5 Å². The van der Waals surface area contributed by atoms with Gasteiger partial charge in [0, 0.05) is 31.0 Å². The number of ether oxygens (including phenoxy) is 2. The molecule has 0 radical (unpaired) electrons. The molecule has 2 heterocycles. The second kappa shape index (κ2) is 12.7. The number of aryl methyl sites for hydroxylation is 2. The number of nitrogens with zero attached hydrogens (tertiary/aromatic N) is 3. The molecule has 1 aliphatic heterocycles. The molecule has 8 nitrogen and oxygen atoms in total. The Morgan fingerprint density at radius 3 is 2.49 bits per heavy atom. The number of imidazole rings is 1. The lowest BCUT2D eigenvalue weighted by molar-refractivity contribution is -0.139. The fourth-order valence-electron chi connectivity index (χ4n) is 4.65. The average molecular weight is 532 g/mol. The summed E-state index contributed by atoms with van der Waals surface area (Å²) < 4.78 is 13.8. The van der Waals surface area contributed by atoms with Gasteiger partial charge in [0.2, 0.25) is 0 Å². The Labute approximate surface area is 229 Å². The summed E-state index contributed by atoms with van der Waals surface area (Å²) in [5.74, 6) is 0.134. The Bertz CT molecular complexity index is 1310. The summed E-state index contributed by atoms with van der Waals surface area (Å²) in [5.41, 5.74) is 2.26. The topological polar surface area (TPSA) is 93.9 Å². The van der Waals surface area contributed by atoms with Gasteiger partial charge in [-0.25, -0.2) is 4.98 Å². The van der Waals surface area contributed by atoms with Crippen LogP contribution in [0.5, 0.6) is 11.5 Å². The zero-order valence-electron chi connectivity index (χ0n) is 23.1. The Balaban J connectivity index is 1.73. The highest BCUT2D eigenvalue weighted by Crippen LogP contribution is 2.42. The van der Waals surface area contributed by atoms with Gasteiger partial charge in [0.05, 0.1) is 31.2 Å². The lowest BCUT2D eigenvalue weighted by Crippen LogP contribution is -2.31. The number of Topliss-reactive ketones (excluding diaryl/α,β-unsaturated/α-hetero) is 1. The van der Waals surface area contributed by atoms with Crippen molar-refractivity contribution in [2.75, 3.05) is 19.8 Å². The Morgan fingerprint density at radius 2 is 1.82 bits per heavy atom. The fourth-order valence-corrected chi connectivity index (χ4v) is 4.65. The second-order valence-electron chi connectivity index (χ2n) is 10.2. The van der Waals surface area contributed by atoms with Gasteiger partial charge in [-0.2, -0.15) is 0 Å². The second-order valence-corrected chi connectivity index (χ2v) is 10.2. The zero-order chi connectivity index (χ0) is 27.9. The standard InChI is InChI=1S/C31H37N3O5/c1-5-38-26-19-24(11-12-25(26)39-18-13-21(2)3)28-27(29(35)23-9-7-22(4)8-10-23)30(36)31(37)34(28)16-6-15-33-17-14-32-20-33/h7-12,14,17,19-21,28,35H,5-6,13,15-16,18H2,1-4H3/b29-27+. The summed E-state index contributed by atoms with van der Waals surface area (Å²) in [6.07, 6.45) is 6.79. The molecule has 0 spiro atoms. The molecule has 8 heteroatoms. The molecule has 1 saturated heterocycles. The van der Waals surface area contributed by atoms with Crippen LogP contribution in [0.3, 0.4) is 0 Å². The van der Waals surface area contributed by atoms with Crippen molar-refractivity contribution in [2.24, 2.45) is 5.92 Å². The monoisotopic (exact) mass is 531 g/mol. The molecule has 4 rings (SSSR count). The molecule has 2 aromatic carbocycles. The minimum absolute atomic E-state index is 0.0717. The van der Waals surface area contributed by atoms with Gasteiger partial charge in [-0.1, -0.05) is 49.7 Å². The van der Waals surface area contributed by atoms with Gasteiger partial charge >= 0.3 is 0 Å². The van der Waals surface area contributed by atoms with Gasteiger partial charge in [0.1, 0.15) is 5.76 Å². The van der Waals surface area contributed by atoms with E-state index in [1.54, 1.807) is 29.6 Å². The van der Waals surface area contributed by atoms with E-state index in [1.165, 1.54) is 0 Å². The number of aliphatic hydroxyl groups excluding tert-OH is 1. The van der Waals surface area contributed by atoms with E-state index in [4.69, 9.17) is 9.47 Å². The maximum Gasteiger partial charge on any atom is 0.295 e. The molecule has 39 heavy (non-hydrogen) atoms. The van der Waals surface area contributed by atoms with Crippen LogP contribution < -0.4 is 9.47 Å². The number of rotatable bonds is 12. The van der Waals surface area contributed by atoms with E-state index in [0.29, 0.717) is 61.3 Å². The lowest BCUT2D eigenvalue weighted by atomic mass is 9.94. The molecule has 1 atom stereocenters. The quantitative estimate of drug-likeness (QED) is 0.188. The third kappa shape index (κ3) is 6.50. The van der Waals surface area contributed by atoms with Crippen LogP contribution >= 0.6 is 0 Å². The molecule has 0 aliphatic carbocycles. The first-order valence-electron chi connectivity index (χ1n) is 13.5. The van der Waals surface area contributed by atoms with Crippen molar-refractivity contribution in [2.45, 2.75) is 53.1 Å². The number of carbonyl (C=O) groups is 2. The van der Waals surface area contributed by atoms with Gasteiger partial charge in [0.25, 0.3) is 11.7 Å². The number of aromatic nitrogens is 2. The largest absolute Gasteiger partial charge is 0.507 e. The number of hydrogen-bond acceptors (Lipinski definition) is 6. The van der Waals surface area contributed by atoms with Crippen LogP contribution in [0.15, 0.2) is 66.8 Å². The van der Waals surface area contributed by atoms with Gasteiger partial charge in [0.15, 0.2) is 11.5 Å². The Hall–Kier alpha value is -4.07. The van der Waals surface area contributed by atoms with Gasteiger partial charge in [-0.15, -0.1) is 0 Å². The predicted octanol–water partition coefficient (Wildman–Crippen LogP) is 5.53. The molecule has 0 bridgehead atoms. The molecule has 3 aromatic rings. The van der Waals surface area contributed by atoms with Gasteiger partial charge in [-0.05, 0) is 50.3 Å². The molecule has 1 fully saturated rings. The van der Waals surface area contributed by atoms with E-state index in [2.05, 4.69) is 18.8 Å². The van der Waals surface area contributed by atoms with Crippen molar-refractivity contribution in [1.82, 2.24) is 14.5 Å². The van der Waals surface area contributed by atoms with Crippen LogP contribution in [0.1, 0.15) is 56.3 Å². The van der Waals surface area contributed by atoms with Crippen LogP contribution in [0.25, 0.3) is 5.76 Å². The zero-order valence-corrected chi connectivity index (χ0v) is 23.1. The van der Waals surface area contributed by atoms with E-state index < -0.39 is 17.7 Å². The van der Waals surface area contributed by atoms with Crippen molar-refractivity contribution in [1.29, 1.82) is 0 Å². The molecule has 0 saturated carbocycles. The Kier molecular flexibility index (Phi) is 9.07. The first kappa shape index (κ1) is 28.0. The highest BCUT2D eigenvalue weighted by molar-refractivity contribution is 6.46. The van der Waals surface area contributed by atoms with Gasteiger partial charge in [-0.3, -0.25) is 9.59 Å². The fraction of sp³-hybridized carbons (Fsp3) is 0.387. The van der Waals surface area contributed by atoms with Crippen LogP contribution in [0, 0.1) is 12.8 Å². The molecule has 206 valence electrons. The summed E-state index contributed by atoms with van der Waals surface area (Å²) in [7, 11) is 0. The van der Waals surface area contributed by atoms with Crippen molar-refractivity contribution in [3.63, 3.8) is 0 Å². The maximum atomic E-state index is 13.4. The number of benzene rings is 2. The maximum absolute atomic E-state index is 13.4. The van der Waals surface area contributed by atoms with Crippen LogP contribution in [-0.2, 0) is 16.1 Å². The summed E-state index contributed by atoms with van der Waals surface area (Å²) in [6.45, 7) is 10.1. The van der Waals surface area contributed by atoms with E-state index in [0.717, 1.165) is 12.0 Å². The predicted molar refractivity (Wildman–Crippen MR) is 150 cm³/mol. The number of likely N-dealkylation sites (tertiary alicyclic amines) is 1. The molecule has 1 unspecified atom stereocenters. The third-order valence-corrected chi connectivity index (χ3v) is 6.78. The number of amides is 1. The summed E-state index contributed by atoms with van der Waals surface area (Å²) in [5, 5.41) is 11.3. The van der Waals surface area contributed by atoms with E-state index in [1.807, 2.05) is 54.9 Å². The van der Waals surface area contributed by atoms with Crippen molar-refractivity contribution in [3.05, 3.63) is 83.4 Å².